The van der Waals surface area contributed by atoms with Gasteiger partial charge in [-0.2, -0.15) is 17.9 Å². The van der Waals surface area contributed by atoms with Crippen molar-refractivity contribution in [3.05, 3.63) is 58.1 Å². The Morgan fingerprint density at radius 3 is 2.65 bits per heavy atom. The van der Waals surface area contributed by atoms with Gasteiger partial charge >= 0.3 is 12.1 Å². The average Bonchev–Trinajstić information content (AvgIpc) is 2.76. The van der Waals surface area contributed by atoms with E-state index < -0.39 is 58.0 Å². The highest BCUT2D eigenvalue weighted by atomic mass is 35.5. The van der Waals surface area contributed by atoms with Gasteiger partial charge in [0.25, 0.3) is 0 Å². The molecular formula is C21H19ClF3NO7S. The minimum Gasteiger partial charge on any atom is -0.491 e. The predicted molar refractivity (Wildman–Crippen MR) is 115 cm³/mol. The summed E-state index contributed by atoms with van der Waals surface area (Å²) in [6, 6.07) is 5.24. The first kappa shape index (κ1) is 25.8. The Balaban J connectivity index is 1.97. The third-order valence-electron chi connectivity index (χ3n) is 4.99. The Morgan fingerprint density at radius 2 is 2.03 bits per heavy atom. The molecule has 8 nitrogen and oxygen atoms in total. The Kier molecular flexibility index (Phi) is 7.44. The van der Waals surface area contributed by atoms with Crippen LogP contribution in [0.15, 0.2) is 36.4 Å². The molecule has 1 aliphatic heterocycles. The highest BCUT2D eigenvalue weighted by molar-refractivity contribution is 7.89. The highest BCUT2D eigenvalue weighted by Crippen LogP contribution is 2.43. The molecule has 2 aromatic carbocycles. The number of carbonyl (C=O) groups excluding carboxylic acids is 1. The van der Waals surface area contributed by atoms with E-state index in [0.29, 0.717) is 6.07 Å². The van der Waals surface area contributed by atoms with Gasteiger partial charge in [-0.3, -0.25) is 9.59 Å². The number of carboxylic acids is 1. The van der Waals surface area contributed by atoms with Crippen LogP contribution in [0.4, 0.5) is 13.2 Å². The third kappa shape index (κ3) is 5.80. The summed E-state index contributed by atoms with van der Waals surface area (Å²) in [6.45, 7) is 0.467. The van der Waals surface area contributed by atoms with E-state index in [4.69, 9.17) is 21.1 Å². The Bertz CT molecular complexity index is 1220. The van der Waals surface area contributed by atoms with Crippen LogP contribution in [-0.4, -0.2) is 43.7 Å². The fourth-order valence-corrected chi connectivity index (χ4v) is 4.20. The van der Waals surface area contributed by atoms with Gasteiger partial charge in [0.15, 0.2) is 11.8 Å². The first-order valence-corrected chi connectivity index (χ1v) is 11.9. The molecule has 0 bridgehead atoms. The summed E-state index contributed by atoms with van der Waals surface area (Å²) < 4.78 is 76.5. The van der Waals surface area contributed by atoms with Gasteiger partial charge in [0, 0.05) is 5.56 Å². The topological polar surface area (TPSA) is 119 Å². The van der Waals surface area contributed by atoms with Crippen LogP contribution in [0.3, 0.4) is 0 Å². The third-order valence-corrected chi connectivity index (χ3v) is 6.69. The van der Waals surface area contributed by atoms with Gasteiger partial charge in [-0.1, -0.05) is 23.7 Å². The Labute approximate surface area is 197 Å². The number of alkyl halides is 3. The van der Waals surface area contributed by atoms with Gasteiger partial charge in [0.1, 0.15) is 24.2 Å². The number of sulfonamides is 1. The van der Waals surface area contributed by atoms with Crippen molar-refractivity contribution < 1.29 is 45.8 Å². The summed E-state index contributed by atoms with van der Waals surface area (Å²) in [6.07, 6.45) is -6.06. The predicted octanol–water partition coefficient (Wildman–Crippen LogP) is 3.84. The summed E-state index contributed by atoms with van der Waals surface area (Å²) in [5.41, 5.74) is -0.833. The molecule has 0 aliphatic carbocycles. The number of hydrogen-bond donors (Lipinski definition) is 2. The number of halogens is 4. The number of aliphatic carboxylic acids is 1. The molecule has 0 aromatic heterocycles. The molecule has 1 aliphatic rings. The van der Waals surface area contributed by atoms with Gasteiger partial charge in [-0.05, 0) is 31.2 Å². The highest BCUT2D eigenvalue weighted by Gasteiger charge is 2.35. The number of ketones is 1. The molecule has 2 unspecified atom stereocenters. The maximum Gasteiger partial charge on any atom is 0.416 e. The van der Waals surface area contributed by atoms with Gasteiger partial charge in [-0.25, -0.2) is 8.42 Å². The van der Waals surface area contributed by atoms with Crippen LogP contribution >= 0.6 is 11.6 Å². The lowest BCUT2D eigenvalue weighted by Gasteiger charge is -2.28. The van der Waals surface area contributed by atoms with Crippen LogP contribution in [0.5, 0.6) is 11.5 Å². The van der Waals surface area contributed by atoms with E-state index in [0.717, 1.165) is 12.1 Å². The molecule has 0 radical (unpaired) electrons. The standard InChI is InChI=1S/C21H19ClF3NO7S/c1-2-34(30,31)26-15(20(28)29)10-32-17-8-11(21(23,24)25)6-7-13(17)18-9-16(27)12-4-3-5-14(22)19(12)33-18/h3-8,15,18,26H,2,9-10H2,1H3,(H,28,29). The maximum atomic E-state index is 13.3. The molecule has 2 aromatic rings. The van der Waals surface area contributed by atoms with Crippen LogP contribution in [0.1, 0.15) is 40.9 Å². The molecule has 2 atom stereocenters. The molecule has 1 heterocycles. The van der Waals surface area contributed by atoms with Crippen molar-refractivity contribution in [2.24, 2.45) is 0 Å². The second-order valence-electron chi connectivity index (χ2n) is 7.32. The summed E-state index contributed by atoms with van der Waals surface area (Å²) in [7, 11) is -3.95. The van der Waals surface area contributed by atoms with Crippen molar-refractivity contribution in [1.29, 1.82) is 0 Å². The molecule has 13 heteroatoms. The fraction of sp³-hybridized carbons (Fsp3) is 0.333. The zero-order valence-electron chi connectivity index (χ0n) is 17.6. The van der Waals surface area contributed by atoms with Gasteiger partial charge in [0.2, 0.25) is 10.0 Å². The largest absolute Gasteiger partial charge is 0.491 e. The molecule has 2 N–H and O–H groups in total. The van der Waals surface area contributed by atoms with E-state index in [1.165, 1.54) is 19.1 Å². The lowest BCUT2D eigenvalue weighted by molar-refractivity contribution is -0.140. The summed E-state index contributed by atoms with van der Waals surface area (Å²) in [5.74, 6) is -2.71. The smallest absolute Gasteiger partial charge is 0.416 e. The van der Waals surface area contributed by atoms with Crippen LogP contribution in [0, 0.1) is 0 Å². The van der Waals surface area contributed by atoms with E-state index in [1.54, 1.807) is 6.07 Å². The number of ether oxygens (including phenoxy) is 2. The normalized spacial score (nSPS) is 17.0. The molecular weight excluding hydrogens is 503 g/mol. The minimum atomic E-state index is -4.74. The van der Waals surface area contributed by atoms with Crippen molar-refractivity contribution in [2.75, 3.05) is 12.4 Å². The minimum absolute atomic E-state index is 0.0365. The van der Waals surface area contributed by atoms with Crippen molar-refractivity contribution in [3.8, 4) is 11.5 Å². The number of hydrogen-bond acceptors (Lipinski definition) is 6. The molecule has 34 heavy (non-hydrogen) atoms. The molecule has 0 spiro atoms. The number of carboxylic acid groups (broad SMARTS) is 1. The molecule has 0 fully saturated rings. The van der Waals surface area contributed by atoms with Crippen molar-refractivity contribution in [2.45, 2.75) is 31.7 Å². The SMILES string of the molecule is CCS(=O)(=O)NC(COc1cc(C(F)(F)F)ccc1C1CC(=O)c2cccc(Cl)c2O1)C(=O)O. The first-order valence-electron chi connectivity index (χ1n) is 9.87. The Hall–Kier alpha value is -2.83. The van der Waals surface area contributed by atoms with E-state index in [9.17, 15) is 36.3 Å². The van der Waals surface area contributed by atoms with Crippen molar-refractivity contribution >= 4 is 33.4 Å². The zero-order valence-corrected chi connectivity index (χ0v) is 19.1. The van der Waals surface area contributed by atoms with E-state index in [2.05, 4.69) is 0 Å². The lowest BCUT2D eigenvalue weighted by atomic mass is 9.95. The molecule has 184 valence electrons. The second kappa shape index (κ2) is 9.80. The van der Waals surface area contributed by atoms with Crippen LogP contribution in [-0.2, 0) is 21.0 Å². The number of nitrogens with one attached hydrogen (secondary N) is 1. The summed E-state index contributed by atoms with van der Waals surface area (Å²) in [4.78, 5) is 24.1. The number of Topliss-reactive ketones (excluding diaryl/α,β-unsaturated/α-hetero) is 1. The van der Waals surface area contributed by atoms with Crippen molar-refractivity contribution in [3.63, 3.8) is 0 Å². The van der Waals surface area contributed by atoms with E-state index in [1.807, 2.05) is 4.72 Å². The number of benzene rings is 2. The van der Waals surface area contributed by atoms with Crippen LogP contribution < -0.4 is 14.2 Å². The number of rotatable bonds is 8. The molecule has 0 saturated heterocycles. The first-order chi connectivity index (χ1) is 15.8. The van der Waals surface area contributed by atoms with E-state index in [-0.39, 0.29) is 34.1 Å². The second-order valence-corrected chi connectivity index (χ2v) is 9.77. The zero-order chi connectivity index (χ0) is 25.3. The Morgan fingerprint density at radius 1 is 1.32 bits per heavy atom. The quantitative estimate of drug-likeness (QED) is 0.541. The molecule has 3 rings (SSSR count). The maximum absolute atomic E-state index is 13.3. The summed E-state index contributed by atoms with van der Waals surface area (Å²) >= 11 is 6.11. The number of carbonyl (C=O) groups is 2. The fourth-order valence-electron chi connectivity index (χ4n) is 3.21. The average molecular weight is 522 g/mol. The van der Waals surface area contributed by atoms with Crippen LogP contribution in [0.25, 0.3) is 0 Å². The molecule has 0 amide bonds. The van der Waals surface area contributed by atoms with Gasteiger partial charge < -0.3 is 14.6 Å². The number of fused-ring (bicyclic) bond motifs is 1. The van der Waals surface area contributed by atoms with Gasteiger partial charge in [-0.15, -0.1) is 0 Å². The number of para-hydroxylation sites is 1. The molecule has 0 saturated carbocycles. The summed E-state index contributed by atoms with van der Waals surface area (Å²) in [5, 5.41) is 9.45. The van der Waals surface area contributed by atoms with E-state index >= 15 is 0 Å². The lowest BCUT2D eigenvalue weighted by Crippen LogP contribution is -2.45. The van der Waals surface area contributed by atoms with Gasteiger partial charge in [0.05, 0.1) is 28.3 Å². The van der Waals surface area contributed by atoms with Crippen molar-refractivity contribution in [1.82, 2.24) is 4.72 Å². The monoisotopic (exact) mass is 521 g/mol. The van der Waals surface area contributed by atoms with Crippen LogP contribution in [0.2, 0.25) is 5.02 Å².